The molecule has 5 heteroatoms. The smallest absolute Gasteiger partial charge is 0.210 e. The van der Waals surface area contributed by atoms with Gasteiger partial charge in [-0.1, -0.05) is 31.2 Å². The SMILES string of the molecule is CCc1cccnc1CN=C(NN)Nc1ccccc1. The Kier molecular flexibility index (Phi) is 5.08. The zero-order valence-electron chi connectivity index (χ0n) is 11.5. The number of rotatable bonds is 4. The third-order valence-electron chi connectivity index (χ3n) is 2.93. The Balaban J connectivity index is 2.08. The van der Waals surface area contributed by atoms with Crippen LogP contribution in [0.15, 0.2) is 53.7 Å². The minimum Gasteiger partial charge on any atom is -0.325 e. The Morgan fingerprint density at radius 2 is 2.00 bits per heavy atom. The number of hydrazine groups is 1. The second-order valence-electron chi connectivity index (χ2n) is 4.26. The summed E-state index contributed by atoms with van der Waals surface area (Å²) in [7, 11) is 0. The predicted molar refractivity (Wildman–Crippen MR) is 82.1 cm³/mol. The van der Waals surface area contributed by atoms with Gasteiger partial charge in [0, 0.05) is 11.9 Å². The zero-order valence-corrected chi connectivity index (χ0v) is 11.5. The highest BCUT2D eigenvalue weighted by molar-refractivity contribution is 5.93. The molecular formula is C15H19N5. The average molecular weight is 269 g/mol. The monoisotopic (exact) mass is 269 g/mol. The molecule has 0 bridgehead atoms. The van der Waals surface area contributed by atoms with Gasteiger partial charge in [0.2, 0.25) is 5.96 Å². The summed E-state index contributed by atoms with van der Waals surface area (Å²) in [6.07, 6.45) is 2.72. The Morgan fingerprint density at radius 3 is 2.70 bits per heavy atom. The second kappa shape index (κ2) is 7.25. The minimum atomic E-state index is 0.489. The number of nitrogens with one attached hydrogen (secondary N) is 2. The molecule has 1 heterocycles. The molecule has 0 aliphatic heterocycles. The molecule has 2 aromatic rings. The van der Waals surface area contributed by atoms with Gasteiger partial charge in [-0.3, -0.25) is 10.4 Å². The van der Waals surface area contributed by atoms with Crippen LogP contribution in [0.2, 0.25) is 0 Å². The molecule has 0 aliphatic carbocycles. The first-order chi connectivity index (χ1) is 9.83. The second-order valence-corrected chi connectivity index (χ2v) is 4.26. The molecule has 0 saturated heterocycles. The molecule has 1 aromatic heterocycles. The van der Waals surface area contributed by atoms with E-state index in [1.54, 1.807) is 6.20 Å². The molecule has 2 rings (SSSR count). The fraction of sp³-hybridized carbons (Fsp3) is 0.200. The van der Waals surface area contributed by atoms with Crippen LogP contribution in [0.3, 0.4) is 0 Å². The number of aromatic nitrogens is 1. The lowest BCUT2D eigenvalue weighted by atomic mass is 10.1. The highest BCUT2D eigenvalue weighted by Gasteiger charge is 2.02. The summed E-state index contributed by atoms with van der Waals surface area (Å²) < 4.78 is 0. The van der Waals surface area contributed by atoms with Gasteiger partial charge in [-0.15, -0.1) is 0 Å². The van der Waals surface area contributed by atoms with Crippen LogP contribution in [0.25, 0.3) is 0 Å². The van der Waals surface area contributed by atoms with Crippen molar-refractivity contribution >= 4 is 11.6 Å². The van der Waals surface area contributed by atoms with E-state index in [0.29, 0.717) is 12.5 Å². The van der Waals surface area contributed by atoms with E-state index in [0.717, 1.165) is 17.8 Å². The van der Waals surface area contributed by atoms with Crippen LogP contribution in [0.4, 0.5) is 5.69 Å². The molecule has 0 amide bonds. The third-order valence-corrected chi connectivity index (χ3v) is 2.93. The standard InChI is InChI=1S/C15H19N5/c1-2-12-7-6-10-17-14(12)11-18-15(20-16)19-13-8-4-3-5-9-13/h3-10H,2,11,16H2,1H3,(H2,18,19,20). The first kappa shape index (κ1) is 14.0. The number of anilines is 1. The normalized spacial score (nSPS) is 11.2. The number of nitrogens with two attached hydrogens (primary N) is 1. The van der Waals surface area contributed by atoms with E-state index in [9.17, 15) is 0 Å². The van der Waals surface area contributed by atoms with Gasteiger partial charge >= 0.3 is 0 Å². The third kappa shape index (κ3) is 3.80. The number of aliphatic imine (C=N–C) groups is 1. The maximum absolute atomic E-state index is 5.49. The summed E-state index contributed by atoms with van der Waals surface area (Å²) in [5.74, 6) is 6.01. The summed E-state index contributed by atoms with van der Waals surface area (Å²) in [6, 6.07) is 13.8. The zero-order chi connectivity index (χ0) is 14.2. The van der Waals surface area contributed by atoms with Crippen LogP contribution in [0, 0.1) is 0 Å². The Bertz CT molecular complexity index is 565. The molecule has 0 saturated carbocycles. The number of pyridine rings is 1. The largest absolute Gasteiger partial charge is 0.325 e. The van der Waals surface area contributed by atoms with Gasteiger partial charge in [-0.2, -0.15) is 0 Å². The molecule has 5 nitrogen and oxygen atoms in total. The molecule has 0 atom stereocenters. The lowest BCUT2D eigenvalue weighted by Crippen LogP contribution is -2.36. The molecular weight excluding hydrogens is 250 g/mol. The maximum atomic E-state index is 5.49. The number of nitrogens with zero attached hydrogens (tertiary/aromatic N) is 2. The molecule has 20 heavy (non-hydrogen) atoms. The van der Waals surface area contributed by atoms with Crippen molar-refractivity contribution in [2.24, 2.45) is 10.8 Å². The Labute approximate surface area is 118 Å². The van der Waals surface area contributed by atoms with E-state index in [-0.39, 0.29) is 0 Å². The number of aryl methyl sites for hydroxylation is 1. The predicted octanol–water partition coefficient (Wildman–Crippen LogP) is 2.08. The molecule has 104 valence electrons. The van der Waals surface area contributed by atoms with Crippen LogP contribution in [-0.2, 0) is 13.0 Å². The summed E-state index contributed by atoms with van der Waals surface area (Å²) in [6.45, 7) is 2.60. The van der Waals surface area contributed by atoms with Crippen LogP contribution >= 0.6 is 0 Å². The van der Waals surface area contributed by atoms with Crippen molar-refractivity contribution in [1.82, 2.24) is 10.4 Å². The van der Waals surface area contributed by atoms with Crippen molar-refractivity contribution < 1.29 is 0 Å². The molecule has 4 N–H and O–H groups in total. The maximum Gasteiger partial charge on any atom is 0.210 e. The first-order valence-electron chi connectivity index (χ1n) is 6.59. The van der Waals surface area contributed by atoms with Gasteiger partial charge in [0.05, 0.1) is 12.2 Å². The van der Waals surface area contributed by atoms with Gasteiger partial charge in [0.1, 0.15) is 0 Å². The Hall–Kier alpha value is -2.40. The van der Waals surface area contributed by atoms with E-state index < -0.39 is 0 Å². The van der Waals surface area contributed by atoms with Crippen molar-refractivity contribution in [2.45, 2.75) is 19.9 Å². The Morgan fingerprint density at radius 1 is 1.20 bits per heavy atom. The van der Waals surface area contributed by atoms with Crippen LogP contribution in [0.5, 0.6) is 0 Å². The van der Waals surface area contributed by atoms with Gasteiger partial charge < -0.3 is 5.32 Å². The number of hydrogen-bond acceptors (Lipinski definition) is 3. The van der Waals surface area contributed by atoms with E-state index in [4.69, 9.17) is 5.84 Å². The van der Waals surface area contributed by atoms with E-state index in [1.807, 2.05) is 36.4 Å². The highest BCUT2D eigenvalue weighted by Crippen LogP contribution is 2.08. The molecule has 0 fully saturated rings. The fourth-order valence-corrected chi connectivity index (χ4v) is 1.87. The number of benzene rings is 1. The topological polar surface area (TPSA) is 75.3 Å². The molecule has 0 radical (unpaired) electrons. The van der Waals surface area contributed by atoms with Crippen molar-refractivity contribution in [2.75, 3.05) is 5.32 Å². The summed E-state index contributed by atoms with van der Waals surface area (Å²) >= 11 is 0. The van der Waals surface area contributed by atoms with Gasteiger partial charge in [0.15, 0.2) is 0 Å². The van der Waals surface area contributed by atoms with Gasteiger partial charge in [-0.25, -0.2) is 10.8 Å². The summed E-state index contributed by atoms with van der Waals surface area (Å²) in [5, 5.41) is 3.12. The first-order valence-corrected chi connectivity index (χ1v) is 6.59. The average Bonchev–Trinajstić information content (AvgIpc) is 2.52. The molecule has 0 unspecified atom stereocenters. The molecule has 1 aromatic carbocycles. The van der Waals surface area contributed by atoms with Crippen LogP contribution < -0.4 is 16.6 Å². The van der Waals surface area contributed by atoms with Crippen LogP contribution in [0.1, 0.15) is 18.2 Å². The van der Waals surface area contributed by atoms with Gasteiger partial charge in [0.25, 0.3) is 0 Å². The number of guanidine groups is 1. The summed E-state index contributed by atoms with van der Waals surface area (Å²) in [5.41, 5.74) is 5.67. The number of hydrogen-bond donors (Lipinski definition) is 3. The van der Waals surface area contributed by atoms with Crippen molar-refractivity contribution in [1.29, 1.82) is 0 Å². The quantitative estimate of drug-likeness (QED) is 0.344. The number of para-hydroxylation sites is 1. The van der Waals surface area contributed by atoms with Crippen LogP contribution in [-0.4, -0.2) is 10.9 Å². The summed E-state index contributed by atoms with van der Waals surface area (Å²) in [4.78, 5) is 8.78. The lowest BCUT2D eigenvalue weighted by molar-refractivity contribution is 0.910. The fourth-order valence-electron chi connectivity index (χ4n) is 1.87. The lowest BCUT2D eigenvalue weighted by Gasteiger charge is -2.09. The molecule has 0 spiro atoms. The van der Waals surface area contributed by atoms with Crippen molar-refractivity contribution in [3.05, 3.63) is 59.9 Å². The van der Waals surface area contributed by atoms with Gasteiger partial charge in [-0.05, 0) is 30.2 Å². The molecule has 0 aliphatic rings. The van der Waals surface area contributed by atoms with Crippen molar-refractivity contribution in [3.63, 3.8) is 0 Å². The minimum absolute atomic E-state index is 0.489. The van der Waals surface area contributed by atoms with Crippen molar-refractivity contribution in [3.8, 4) is 0 Å². The van der Waals surface area contributed by atoms with E-state index >= 15 is 0 Å². The van der Waals surface area contributed by atoms with E-state index in [1.165, 1.54) is 5.56 Å². The van der Waals surface area contributed by atoms with E-state index in [2.05, 4.69) is 33.7 Å². The highest BCUT2D eigenvalue weighted by atomic mass is 15.3.